The van der Waals surface area contributed by atoms with E-state index in [2.05, 4.69) is 118 Å². The van der Waals surface area contributed by atoms with Crippen LogP contribution in [0.1, 0.15) is 265 Å². The zero-order valence-electron chi connectivity index (χ0n) is 45.0. The van der Waals surface area contributed by atoms with Crippen LogP contribution in [-0.4, -0.2) is 37.2 Å². The molecule has 0 N–H and O–H groups in total. The summed E-state index contributed by atoms with van der Waals surface area (Å²) in [6, 6.07) is 0. The summed E-state index contributed by atoms with van der Waals surface area (Å²) in [6.45, 7) is 6.51. The molecule has 6 nitrogen and oxygen atoms in total. The molecule has 0 heterocycles. The van der Waals surface area contributed by atoms with Gasteiger partial charge in [0.1, 0.15) is 13.2 Å². The first-order valence-electron chi connectivity index (χ1n) is 28.7. The van der Waals surface area contributed by atoms with E-state index in [-0.39, 0.29) is 37.5 Å². The van der Waals surface area contributed by atoms with Gasteiger partial charge in [0.05, 0.1) is 0 Å². The number of hydrogen-bond donors (Lipinski definition) is 0. The number of carbonyl (C=O) groups is 3. The van der Waals surface area contributed by atoms with Gasteiger partial charge in [-0.15, -0.1) is 0 Å². The maximum atomic E-state index is 12.9. The Labute approximate surface area is 426 Å². The highest BCUT2D eigenvalue weighted by Crippen LogP contribution is 2.14. The fourth-order valence-corrected chi connectivity index (χ4v) is 7.67. The van der Waals surface area contributed by atoms with E-state index in [4.69, 9.17) is 14.2 Å². The minimum atomic E-state index is -0.809. The number of ether oxygens (including phenoxy) is 3. The molecule has 0 aromatic heterocycles. The molecule has 69 heavy (non-hydrogen) atoms. The summed E-state index contributed by atoms with van der Waals surface area (Å²) in [5.74, 6) is -0.973. The topological polar surface area (TPSA) is 78.9 Å². The second-order valence-electron chi connectivity index (χ2n) is 18.8. The van der Waals surface area contributed by atoms with Crippen molar-refractivity contribution in [1.82, 2.24) is 0 Å². The van der Waals surface area contributed by atoms with Gasteiger partial charge in [0.25, 0.3) is 0 Å². The van der Waals surface area contributed by atoms with Gasteiger partial charge < -0.3 is 14.2 Å². The maximum Gasteiger partial charge on any atom is 0.306 e. The first-order chi connectivity index (χ1) is 34.0. The molecule has 0 fully saturated rings. The fourth-order valence-electron chi connectivity index (χ4n) is 7.67. The van der Waals surface area contributed by atoms with Crippen molar-refractivity contribution in [2.45, 2.75) is 271 Å². The molecule has 0 amide bonds. The maximum absolute atomic E-state index is 12.9. The van der Waals surface area contributed by atoms with Gasteiger partial charge in [-0.25, -0.2) is 0 Å². The van der Waals surface area contributed by atoms with Crippen molar-refractivity contribution in [3.8, 4) is 0 Å². The molecule has 0 aliphatic carbocycles. The average Bonchev–Trinajstić information content (AvgIpc) is 3.35. The van der Waals surface area contributed by atoms with Crippen molar-refractivity contribution in [2.24, 2.45) is 0 Å². The first-order valence-corrected chi connectivity index (χ1v) is 28.7. The second-order valence-corrected chi connectivity index (χ2v) is 18.8. The summed E-state index contributed by atoms with van der Waals surface area (Å²) in [4.78, 5) is 38.2. The molecule has 394 valence electrons. The van der Waals surface area contributed by atoms with Gasteiger partial charge in [-0.05, 0) is 122 Å². The number of hydrogen-bond acceptors (Lipinski definition) is 6. The van der Waals surface area contributed by atoms with Gasteiger partial charge in [-0.2, -0.15) is 0 Å². The molecular weight excluding hydrogens is 853 g/mol. The van der Waals surface area contributed by atoms with E-state index in [9.17, 15) is 14.4 Å². The molecule has 0 rings (SSSR count). The monoisotopic (exact) mass is 959 g/mol. The number of carbonyl (C=O) groups excluding carboxylic acids is 3. The van der Waals surface area contributed by atoms with Crippen LogP contribution < -0.4 is 0 Å². The van der Waals surface area contributed by atoms with Crippen molar-refractivity contribution in [3.63, 3.8) is 0 Å². The van der Waals surface area contributed by atoms with Crippen molar-refractivity contribution < 1.29 is 28.6 Å². The van der Waals surface area contributed by atoms with Crippen molar-refractivity contribution >= 4 is 17.9 Å². The van der Waals surface area contributed by atoms with Crippen LogP contribution in [-0.2, 0) is 28.6 Å². The van der Waals surface area contributed by atoms with E-state index in [1.54, 1.807) is 0 Å². The summed E-state index contributed by atoms with van der Waals surface area (Å²) in [5, 5.41) is 0. The fraction of sp³-hybridized carbons (Fsp3) is 0.698. The van der Waals surface area contributed by atoms with Crippen LogP contribution in [0.5, 0.6) is 0 Å². The zero-order chi connectivity index (χ0) is 50.0. The van der Waals surface area contributed by atoms with E-state index >= 15 is 0 Å². The highest BCUT2D eigenvalue weighted by molar-refractivity contribution is 5.71. The number of allylic oxidation sites excluding steroid dienone is 16. The molecule has 0 bridgehead atoms. The highest BCUT2D eigenvalue weighted by atomic mass is 16.6. The lowest BCUT2D eigenvalue weighted by Crippen LogP contribution is -2.30. The molecular formula is C63H106O6. The lowest BCUT2D eigenvalue weighted by molar-refractivity contribution is -0.167. The molecule has 0 aromatic carbocycles. The Morgan fingerprint density at radius 1 is 0.290 bits per heavy atom. The van der Waals surface area contributed by atoms with Crippen molar-refractivity contribution in [1.29, 1.82) is 0 Å². The van der Waals surface area contributed by atoms with Gasteiger partial charge in [0.2, 0.25) is 0 Å². The Bertz CT molecular complexity index is 1380. The predicted octanol–water partition coefficient (Wildman–Crippen LogP) is 19.3. The first kappa shape index (κ1) is 65.3. The van der Waals surface area contributed by atoms with Gasteiger partial charge in [-0.1, -0.05) is 221 Å². The van der Waals surface area contributed by atoms with E-state index < -0.39 is 6.10 Å². The normalized spacial score (nSPS) is 12.8. The summed E-state index contributed by atoms with van der Waals surface area (Å²) >= 11 is 0. The SMILES string of the molecule is CCCCC/C=C/C/C=C/C/C=C/C/C=C/CCCC(=O)OC[C@@H](COC(=O)CCCCCCCCC/C=C/C/C=C/CCCCC)OC(=O)CCCCCCCCC/C=C/C/C=C/CCCCC. The Balaban J connectivity index is 4.50. The van der Waals surface area contributed by atoms with Crippen LogP contribution in [0.3, 0.4) is 0 Å². The van der Waals surface area contributed by atoms with E-state index in [1.165, 1.54) is 128 Å². The average molecular weight is 960 g/mol. The molecule has 6 heteroatoms. The Hall–Kier alpha value is -3.67. The third-order valence-corrected chi connectivity index (χ3v) is 12.0. The standard InChI is InChI=1S/C63H106O6/c1-4-7-10-13-16-19-22-25-28-31-34-37-40-43-46-49-52-55-61(64)67-58-60(69-63(66)57-54-51-48-45-42-39-36-33-30-27-24-21-18-15-12-9-6-3)59-68-62(65)56-53-50-47-44-41-38-35-32-29-26-23-20-17-14-11-8-5-2/h16-21,25-30,34,37,43,46,60H,4-15,22-24,31-33,35-36,38-42,44-45,47-59H2,1-3H3/b19-16+,20-17+,21-18+,28-25+,29-26+,30-27+,37-34+,46-43+/t60-/m0/s1. The molecule has 0 saturated heterocycles. The smallest absolute Gasteiger partial charge is 0.306 e. The van der Waals surface area contributed by atoms with E-state index in [0.29, 0.717) is 19.3 Å². The Morgan fingerprint density at radius 3 is 0.870 bits per heavy atom. The molecule has 0 aliphatic rings. The molecule has 0 spiro atoms. The Kier molecular flexibility index (Phi) is 53.9. The van der Waals surface area contributed by atoms with Crippen LogP contribution in [0, 0.1) is 0 Å². The van der Waals surface area contributed by atoms with Crippen LogP contribution in [0.25, 0.3) is 0 Å². The van der Waals surface area contributed by atoms with Crippen molar-refractivity contribution in [3.05, 3.63) is 97.2 Å². The molecule has 0 saturated carbocycles. The number of rotatable bonds is 51. The largest absolute Gasteiger partial charge is 0.462 e. The molecule has 0 aliphatic heterocycles. The second kappa shape index (κ2) is 56.9. The minimum Gasteiger partial charge on any atom is -0.462 e. The van der Waals surface area contributed by atoms with Crippen LogP contribution in [0.2, 0.25) is 0 Å². The summed E-state index contributed by atoms with van der Waals surface area (Å²) in [7, 11) is 0. The lowest BCUT2D eigenvalue weighted by atomic mass is 10.1. The summed E-state index contributed by atoms with van der Waals surface area (Å²) in [5.41, 5.74) is 0. The summed E-state index contributed by atoms with van der Waals surface area (Å²) in [6.07, 6.45) is 75.3. The zero-order valence-corrected chi connectivity index (χ0v) is 45.0. The molecule has 0 aromatic rings. The van der Waals surface area contributed by atoms with E-state index in [1.807, 2.05) is 0 Å². The van der Waals surface area contributed by atoms with Gasteiger partial charge in [-0.3, -0.25) is 14.4 Å². The molecule has 1 atom stereocenters. The summed E-state index contributed by atoms with van der Waals surface area (Å²) < 4.78 is 16.8. The predicted molar refractivity (Wildman–Crippen MR) is 297 cm³/mol. The van der Waals surface area contributed by atoms with Crippen molar-refractivity contribution in [2.75, 3.05) is 13.2 Å². The van der Waals surface area contributed by atoms with Gasteiger partial charge in [0.15, 0.2) is 6.10 Å². The highest BCUT2D eigenvalue weighted by Gasteiger charge is 2.19. The molecule has 0 radical (unpaired) electrons. The number of esters is 3. The molecule has 0 unspecified atom stereocenters. The third-order valence-electron chi connectivity index (χ3n) is 12.0. The number of unbranched alkanes of at least 4 members (excludes halogenated alkanes) is 24. The van der Waals surface area contributed by atoms with Gasteiger partial charge >= 0.3 is 17.9 Å². The third kappa shape index (κ3) is 55.1. The minimum absolute atomic E-state index is 0.102. The van der Waals surface area contributed by atoms with Crippen LogP contribution in [0.15, 0.2) is 97.2 Å². The van der Waals surface area contributed by atoms with Crippen LogP contribution in [0.4, 0.5) is 0 Å². The van der Waals surface area contributed by atoms with Gasteiger partial charge in [0, 0.05) is 19.3 Å². The Morgan fingerprint density at radius 2 is 0.536 bits per heavy atom. The van der Waals surface area contributed by atoms with E-state index in [0.717, 1.165) is 89.9 Å². The quantitative estimate of drug-likeness (QED) is 0.0262. The lowest BCUT2D eigenvalue weighted by Gasteiger charge is -2.18. The van der Waals surface area contributed by atoms with Crippen LogP contribution >= 0.6 is 0 Å².